The van der Waals surface area contributed by atoms with Gasteiger partial charge in [-0.1, -0.05) is 0 Å². The van der Waals surface area contributed by atoms with Gasteiger partial charge in [0, 0.05) is 33.4 Å². The molecule has 0 unspecified atom stereocenters. The Hall–Kier alpha value is -1.73. The van der Waals surface area contributed by atoms with E-state index >= 15 is 0 Å². The Bertz CT molecular complexity index is 494. The van der Waals surface area contributed by atoms with Gasteiger partial charge >= 0.3 is 0 Å². The number of nitrogens with one attached hydrogen (secondary N) is 1. The molecule has 2 atom stereocenters. The van der Waals surface area contributed by atoms with Gasteiger partial charge in [0.1, 0.15) is 11.6 Å². The molecule has 2 rings (SSSR count). The minimum atomic E-state index is -0.524. The van der Waals surface area contributed by atoms with E-state index in [0.29, 0.717) is 18.9 Å². The number of aliphatic hydroxyl groups is 1. The molecular formula is C14H23N5O2. The van der Waals surface area contributed by atoms with E-state index < -0.39 is 6.10 Å². The molecule has 1 aliphatic rings. The molecule has 7 heteroatoms. The van der Waals surface area contributed by atoms with Crippen LogP contribution < -0.4 is 5.32 Å². The molecule has 0 radical (unpaired) electrons. The highest BCUT2D eigenvalue weighted by molar-refractivity contribution is 5.77. The highest BCUT2D eigenvalue weighted by Gasteiger charge is 2.29. The third-order valence-corrected chi connectivity index (χ3v) is 3.63. The molecule has 1 aliphatic heterocycles. The molecule has 7 nitrogen and oxygen atoms in total. The first-order valence-corrected chi connectivity index (χ1v) is 7.12. The number of aryl methyl sites for hydroxylation is 1. The van der Waals surface area contributed by atoms with Crippen LogP contribution in [0.5, 0.6) is 0 Å². The summed E-state index contributed by atoms with van der Waals surface area (Å²) < 4.78 is 0. The average molecular weight is 293 g/mol. The van der Waals surface area contributed by atoms with Crippen LogP contribution in [0.2, 0.25) is 0 Å². The smallest absolute Gasteiger partial charge is 0.236 e. The van der Waals surface area contributed by atoms with Crippen LogP contribution in [0.4, 0.5) is 5.82 Å². The van der Waals surface area contributed by atoms with Gasteiger partial charge < -0.3 is 15.3 Å². The molecule has 21 heavy (non-hydrogen) atoms. The number of aliphatic hydroxyl groups excluding tert-OH is 1. The van der Waals surface area contributed by atoms with Crippen molar-refractivity contribution in [3.8, 4) is 0 Å². The second-order valence-corrected chi connectivity index (χ2v) is 5.62. The minimum absolute atomic E-state index is 0.0509. The van der Waals surface area contributed by atoms with Crippen molar-refractivity contribution in [2.45, 2.75) is 25.5 Å². The monoisotopic (exact) mass is 293 g/mol. The standard InChI is InChI=1S/C14H23N5O2/c1-10-15-6-4-13(16-10)17-11-5-7-19(8-12(11)20)9-14(21)18(2)3/h4,6,11-12,20H,5,7-9H2,1-3H3,(H,15,16,17)/t11-,12-/m1/s1. The lowest BCUT2D eigenvalue weighted by molar-refractivity contribution is -0.130. The molecule has 2 N–H and O–H groups in total. The van der Waals surface area contributed by atoms with E-state index in [-0.39, 0.29) is 11.9 Å². The van der Waals surface area contributed by atoms with Crippen LogP contribution in [-0.4, -0.2) is 76.7 Å². The van der Waals surface area contributed by atoms with E-state index in [4.69, 9.17) is 0 Å². The van der Waals surface area contributed by atoms with Gasteiger partial charge in [0.05, 0.1) is 18.7 Å². The second-order valence-electron chi connectivity index (χ2n) is 5.62. The number of likely N-dealkylation sites (tertiary alicyclic amines) is 1. The predicted octanol–water partition coefficient (Wildman–Crippen LogP) is -0.280. The molecule has 1 amide bonds. The van der Waals surface area contributed by atoms with Crippen molar-refractivity contribution >= 4 is 11.7 Å². The first-order chi connectivity index (χ1) is 9.95. The van der Waals surface area contributed by atoms with E-state index in [0.717, 1.165) is 18.8 Å². The van der Waals surface area contributed by atoms with Gasteiger partial charge in [-0.25, -0.2) is 9.97 Å². The lowest BCUT2D eigenvalue weighted by Gasteiger charge is -2.36. The molecule has 0 saturated carbocycles. The Morgan fingerprint density at radius 3 is 2.95 bits per heavy atom. The van der Waals surface area contributed by atoms with Gasteiger partial charge in [0.15, 0.2) is 0 Å². The molecule has 0 aliphatic carbocycles. The SMILES string of the molecule is Cc1nccc(N[C@@H]2CCN(CC(=O)N(C)C)C[C@H]2O)n1. The lowest BCUT2D eigenvalue weighted by Crippen LogP contribution is -2.52. The Labute approximate surface area is 125 Å². The largest absolute Gasteiger partial charge is 0.390 e. The fourth-order valence-electron chi connectivity index (χ4n) is 2.37. The Balaban J connectivity index is 1.88. The summed E-state index contributed by atoms with van der Waals surface area (Å²) in [5.41, 5.74) is 0. The minimum Gasteiger partial charge on any atom is -0.390 e. The van der Waals surface area contributed by atoms with Crippen LogP contribution in [0, 0.1) is 6.92 Å². The van der Waals surface area contributed by atoms with Gasteiger partial charge in [0.2, 0.25) is 5.91 Å². The van der Waals surface area contributed by atoms with Crippen LogP contribution in [0.25, 0.3) is 0 Å². The van der Waals surface area contributed by atoms with E-state index in [9.17, 15) is 9.90 Å². The van der Waals surface area contributed by atoms with Crippen molar-refractivity contribution in [2.75, 3.05) is 39.0 Å². The highest BCUT2D eigenvalue weighted by Crippen LogP contribution is 2.15. The Kier molecular flexibility index (Phi) is 5.08. The van der Waals surface area contributed by atoms with E-state index in [1.807, 2.05) is 11.8 Å². The van der Waals surface area contributed by atoms with Crippen LogP contribution in [-0.2, 0) is 4.79 Å². The van der Waals surface area contributed by atoms with Crippen molar-refractivity contribution in [1.29, 1.82) is 0 Å². The predicted molar refractivity (Wildman–Crippen MR) is 79.9 cm³/mol. The molecule has 2 heterocycles. The summed E-state index contributed by atoms with van der Waals surface area (Å²) >= 11 is 0. The number of piperidine rings is 1. The fraction of sp³-hybridized carbons (Fsp3) is 0.643. The fourth-order valence-corrected chi connectivity index (χ4v) is 2.37. The number of likely N-dealkylation sites (N-methyl/N-ethyl adjacent to an activating group) is 1. The van der Waals surface area contributed by atoms with Crippen molar-refractivity contribution in [3.05, 3.63) is 18.1 Å². The number of amides is 1. The van der Waals surface area contributed by atoms with Gasteiger partial charge in [-0.15, -0.1) is 0 Å². The molecule has 116 valence electrons. The van der Waals surface area contributed by atoms with Crippen LogP contribution in [0.15, 0.2) is 12.3 Å². The number of carbonyl (C=O) groups excluding carboxylic acids is 1. The van der Waals surface area contributed by atoms with Crippen molar-refractivity contribution in [1.82, 2.24) is 19.8 Å². The summed E-state index contributed by atoms with van der Waals surface area (Å²) in [6.07, 6.45) is 1.94. The zero-order chi connectivity index (χ0) is 15.4. The number of hydrogen-bond donors (Lipinski definition) is 2. The maximum atomic E-state index is 11.7. The lowest BCUT2D eigenvalue weighted by atomic mass is 10.0. The number of rotatable bonds is 4. The Morgan fingerprint density at radius 1 is 1.57 bits per heavy atom. The number of β-amino-alcohol motifs (C(OH)–C–C–N with tert-alkyl or cyclic N) is 1. The first kappa shape index (κ1) is 15.7. The number of hydrogen-bond acceptors (Lipinski definition) is 6. The molecule has 0 bridgehead atoms. The van der Waals surface area contributed by atoms with Gasteiger partial charge in [-0.3, -0.25) is 9.69 Å². The summed E-state index contributed by atoms with van der Waals surface area (Å²) in [5, 5.41) is 13.5. The third-order valence-electron chi connectivity index (χ3n) is 3.63. The molecule has 0 spiro atoms. The van der Waals surface area contributed by atoms with Crippen molar-refractivity contribution in [2.24, 2.45) is 0 Å². The van der Waals surface area contributed by atoms with Crippen molar-refractivity contribution < 1.29 is 9.90 Å². The third kappa shape index (κ3) is 4.37. The number of nitrogens with zero attached hydrogens (tertiary/aromatic N) is 4. The maximum Gasteiger partial charge on any atom is 0.236 e. The average Bonchev–Trinajstić information content (AvgIpc) is 2.42. The number of aromatic nitrogens is 2. The van der Waals surface area contributed by atoms with Crippen LogP contribution >= 0.6 is 0 Å². The molecule has 1 aromatic rings. The van der Waals surface area contributed by atoms with Crippen molar-refractivity contribution in [3.63, 3.8) is 0 Å². The molecular weight excluding hydrogens is 270 g/mol. The quantitative estimate of drug-likeness (QED) is 0.795. The van der Waals surface area contributed by atoms with Crippen LogP contribution in [0.1, 0.15) is 12.2 Å². The number of carbonyl (C=O) groups is 1. The molecule has 1 fully saturated rings. The van der Waals surface area contributed by atoms with Gasteiger partial charge in [-0.05, 0) is 19.4 Å². The molecule has 1 aromatic heterocycles. The normalized spacial score (nSPS) is 22.9. The maximum absolute atomic E-state index is 11.7. The summed E-state index contributed by atoms with van der Waals surface area (Å²) in [6.45, 7) is 3.44. The van der Waals surface area contributed by atoms with Crippen LogP contribution in [0.3, 0.4) is 0 Å². The van der Waals surface area contributed by atoms with Gasteiger partial charge in [0.25, 0.3) is 0 Å². The Morgan fingerprint density at radius 2 is 2.33 bits per heavy atom. The van der Waals surface area contributed by atoms with E-state index in [1.54, 1.807) is 31.3 Å². The zero-order valence-electron chi connectivity index (χ0n) is 12.8. The van der Waals surface area contributed by atoms with Gasteiger partial charge in [-0.2, -0.15) is 0 Å². The summed E-state index contributed by atoms with van der Waals surface area (Å²) in [6, 6.07) is 1.74. The molecule has 0 aromatic carbocycles. The summed E-state index contributed by atoms with van der Waals surface area (Å²) in [5.74, 6) is 1.48. The second kappa shape index (κ2) is 6.82. The highest BCUT2D eigenvalue weighted by atomic mass is 16.3. The first-order valence-electron chi connectivity index (χ1n) is 7.12. The summed E-state index contributed by atoms with van der Waals surface area (Å²) in [7, 11) is 3.48. The number of anilines is 1. The molecule has 1 saturated heterocycles. The van der Waals surface area contributed by atoms with E-state index in [1.165, 1.54) is 0 Å². The summed E-state index contributed by atoms with van der Waals surface area (Å²) in [4.78, 5) is 23.6. The topological polar surface area (TPSA) is 81.6 Å². The zero-order valence-corrected chi connectivity index (χ0v) is 12.8. The van der Waals surface area contributed by atoms with E-state index in [2.05, 4.69) is 15.3 Å².